The van der Waals surface area contributed by atoms with Gasteiger partial charge in [0.2, 0.25) is 0 Å². The molecule has 0 unspecified atom stereocenters. The van der Waals surface area contributed by atoms with E-state index >= 15 is 0 Å². The Labute approximate surface area is 91.9 Å². The van der Waals surface area contributed by atoms with Crippen molar-refractivity contribution in [1.82, 2.24) is 0 Å². The van der Waals surface area contributed by atoms with Gasteiger partial charge in [-0.05, 0) is 25.0 Å². The SMILES string of the molecule is CCC(CC)COc1cccc(O)c1C. The molecule has 1 aromatic carbocycles. The minimum atomic E-state index is 0.303. The molecule has 1 rings (SSSR count). The van der Waals surface area contributed by atoms with E-state index < -0.39 is 0 Å². The summed E-state index contributed by atoms with van der Waals surface area (Å²) in [7, 11) is 0. The Morgan fingerprint density at radius 3 is 2.53 bits per heavy atom. The number of ether oxygens (including phenoxy) is 1. The first kappa shape index (κ1) is 11.9. The molecule has 0 amide bonds. The quantitative estimate of drug-likeness (QED) is 0.802. The number of benzene rings is 1. The van der Waals surface area contributed by atoms with E-state index in [2.05, 4.69) is 13.8 Å². The fourth-order valence-corrected chi connectivity index (χ4v) is 1.49. The second-order valence-electron chi connectivity index (χ2n) is 3.89. The highest BCUT2D eigenvalue weighted by Crippen LogP contribution is 2.26. The molecule has 15 heavy (non-hydrogen) atoms. The van der Waals surface area contributed by atoms with Gasteiger partial charge in [0.15, 0.2) is 0 Å². The number of phenols is 1. The van der Waals surface area contributed by atoms with E-state index in [9.17, 15) is 5.11 Å². The monoisotopic (exact) mass is 208 g/mol. The van der Waals surface area contributed by atoms with Crippen molar-refractivity contribution in [3.63, 3.8) is 0 Å². The maximum absolute atomic E-state index is 9.50. The van der Waals surface area contributed by atoms with Crippen molar-refractivity contribution in [2.75, 3.05) is 6.61 Å². The molecule has 0 aliphatic carbocycles. The number of hydrogen-bond acceptors (Lipinski definition) is 2. The zero-order valence-corrected chi connectivity index (χ0v) is 9.79. The van der Waals surface area contributed by atoms with Crippen molar-refractivity contribution in [1.29, 1.82) is 0 Å². The van der Waals surface area contributed by atoms with Crippen LogP contribution in [0, 0.1) is 12.8 Å². The molecule has 84 valence electrons. The van der Waals surface area contributed by atoms with Crippen molar-refractivity contribution in [3.05, 3.63) is 23.8 Å². The van der Waals surface area contributed by atoms with Crippen LogP contribution in [0.1, 0.15) is 32.3 Å². The van der Waals surface area contributed by atoms with Crippen LogP contribution in [0.5, 0.6) is 11.5 Å². The van der Waals surface area contributed by atoms with Gasteiger partial charge < -0.3 is 9.84 Å². The lowest BCUT2D eigenvalue weighted by Crippen LogP contribution is -2.10. The van der Waals surface area contributed by atoms with Gasteiger partial charge in [0.1, 0.15) is 11.5 Å². The number of aromatic hydroxyl groups is 1. The summed E-state index contributed by atoms with van der Waals surface area (Å²) in [5, 5.41) is 9.50. The molecule has 0 aliphatic rings. The van der Waals surface area contributed by atoms with Crippen LogP contribution in [0.3, 0.4) is 0 Å². The largest absolute Gasteiger partial charge is 0.508 e. The second-order valence-corrected chi connectivity index (χ2v) is 3.89. The van der Waals surface area contributed by atoms with Crippen LogP contribution >= 0.6 is 0 Å². The third kappa shape index (κ3) is 3.15. The molecule has 2 heteroatoms. The molecule has 0 atom stereocenters. The minimum absolute atomic E-state index is 0.303. The average molecular weight is 208 g/mol. The van der Waals surface area contributed by atoms with E-state index in [0.29, 0.717) is 11.7 Å². The molecular formula is C13H20O2. The predicted molar refractivity (Wildman–Crippen MR) is 62.4 cm³/mol. The van der Waals surface area contributed by atoms with Gasteiger partial charge in [-0.1, -0.05) is 32.8 Å². The first-order valence-corrected chi connectivity index (χ1v) is 5.60. The fraction of sp³-hybridized carbons (Fsp3) is 0.538. The van der Waals surface area contributed by atoms with Crippen molar-refractivity contribution < 1.29 is 9.84 Å². The molecule has 1 aromatic rings. The zero-order chi connectivity index (χ0) is 11.3. The minimum Gasteiger partial charge on any atom is -0.508 e. The van der Waals surface area contributed by atoms with Gasteiger partial charge in [-0.15, -0.1) is 0 Å². The van der Waals surface area contributed by atoms with Gasteiger partial charge in [0.25, 0.3) is 0 Å². The number of hydrogen-bond donors (Lipinski definition) is 1. The maximum Gasteiger partial charge on any atom is 0.125 e. The van der Waals surface area contributed by atoms with Crippen molar-refractivity contribution >= 4 is 0 Å². The molecule has 2 nitrogen and oxygen atoms in total. The molecule has 0 aliphatic heterocycles. The highest BCUT2D eigenvalue weighted by Gasteiger charge is 2.07. The first-order chi connectivity index (χ1) is 7.19. The Bertz CT molecular complexity index is 303. The molecule has 0 fully saturated rings. The molecule has 0 saturated carbocycles. The average Bonchev–Trinajstić information content (AvgIpc) is 2.25. The second kappa shape index (κ2) is 5.64. The molecule has 0 saturated heterocycles. The van der Waals surface area contributed by atoms with Gasteiger partial charge >= 0.3 is 0 Å². The van der Waals surface area contributed by atoms with Crippen molar-refractivity contribution in [2.45, 2.75) is 33.6 Å². The molecule has 0 heterocycles. The summed E-state index contributed by atoms with van der Waals surface area (Å²) in [6.07, 6.45) is 2.27. The summed E-state index contributed by atoms with van der Waals surface area (Å²) < 4.78 is 5.70. The van der Waals surface area contributed by atoms with Crippen LogP contribution in [0.15, 0.2) is 18.2 Å². The standard InChI is InChI=1S/C13H20O2/c1-4-11(5-2)9-15-13-8-6-7-12(14)10(13)3/h6-8,11,14H,4-5,9H2,1-3H3. The summed E-state index contributed by atoms with van der Waals surface area (Å²) in [6.45, 7) is 6.95. The van der Waals surface area contributed by atoms with Gasteiger partial charge in [-0.3, -0.25) is 0 Å². The van der Waals surface area contributed by atoms with E-state index in [0.717, 1.165) is 30.8 Å². The smallest absolute Gasteiger partial charge is 0.125 e. The molecule has 0 aromatic heterocycles. The Morgan fingerprint density at radius 2 is 1.93 bits per heavy atom. The van der Waals surface area contributed by atoms with Gasteiger partial charge in [-0.25, -0.2) is 0 Å². The first-order valence-electron chi connectivity index (χ1n) is 5.60. The van der Waals surface area contributed by atoms with Gasteiger partial charge in [-0.2, -0.15) is 0 Å². The molecule has 0 spiro atoms. The molecule has 0 radical (unpaired) electrons. The van der Waals surface area contributed by atoms with Gasteiger partial charge in [0.05, 0.1) is 6.61 Å². The van der Waals surface area contributed by atoms with Gasteiger partial charge in [0, 0.05) is 5.56 Å². The summed E-state index contributed by atoms with van der Waals surface area (Å²) >= 11 is 0. The summed E-state index contributed by atoms with van der Waals surface area (Å²) in [4.78, 5) is 0. The molecular weight excluding hydrogens is 188 g/mol. The Kier molecular flexibility index (Phi) is 4.47. The molecule has 1 N–H and O–H groups in total. The number of rotatable bonds is 5. The van der Waals surface area contributed by atoms with E-state index in [1.165, 1.54) is 0 Å². The maximum atomic E-state index is 9.50. The lowest BCUT2D eigenvalue weighted by molar-refractivity contribution is 0.238. The van der Waals surface area contributed by atoms with Crippen LogP contribution in [0.4, 0.5) is 0 Å². The van der Waals surface area contributed by atoms with Crippen LogP contribution in [-0.2, 0) is 0 Å². The topological polar surface area (TPSA) is 29.5 Å². The van der Waals surface area contributed by atoms with E-state index in [1.54, 1.807) is 6.07 Å². The van der Waals surface area contributed by atoms with Crippen LogP contribution in [0.2, 0.25) is 0 Å². The normalized spacial score (nSPS) is 10.7. The lowest BCUT2D eigenvalue weighted by atomic mass is 10.1. The lowest BCUT2D eigenvalue weighted by Gasteiger charge is -2.15. The Balaban J connectivity index is 2.61. The Hall–Kier alpha value is -1.18. The number of phenolic OH excluding ortho intramolecular Hbond substituents is 1. The third-order valence-corrected chi connectivity index (χ3v) is 2.88. The van der Waals surface area contributed by atoms with E-state index in [1.807, 2.05) is 19.1 Å². The van der Waals surface area contributed by atoms with E-state index in [4.69, 9.17) is 4.74 Å². The summed E-state index contributed by atoms with van der Waals surface area (Å²) in [5.74, 6) is 1.70. The van der Waals surface area contributed by atoms with Crippen molar-refractivity contribution in [2.24, 2.45) is 5.92 Å². The van der Waals surface area contributed by atoms with E-state index in [-0.39, 0.29) is 0 Å². The fourth-order valence-electron chi connectivity index (χ4n) is 1.49. The Morgan fingerprint density at radius 1 is 1.27 bits per heavy atom. The summed E-state index contributed by atoms with van der Waals surface area (Å²) in [5.41, 5.74) is 0.823. The highest BCUT2D eigenvalue weighted by molar-refractivity contribution is 5.42. The van der Waals surface area contributed by atoms with Crippen LogP contribution in [-0.4, -0.2) is 11.7 Å². The van der Waals surface area contributed by atoms with Crippen LogP contribution in [0.25, 0.3) is 0 Å². The highest BCUT2D eigenvalue weighted by atomic mass is 16.5. The van der Waals surface area contributed by atoms with Crippen LogP contribution < -0.4 is 4.74 Å². The third-order valence-electron chi connectivity index (χ3n) is 2.88. The molecule has 0 bridgehead atoms. The van der Waals surface area contributed by atoms with Crippen molar-refractivity contribution in [3.8, 4) is 11.5 Å². The predicted octanol–water partition coefficient (Wildman–Crippen LogP) is 3.52. The zero-order valence-electron chi connectivity index (χ0n) is 9.79. The summed E-state index contributed by atoms with van der Waals surface area (Å²) in [6, 6.07) is 5.39.